The van der Waals surface area contributed by atoms with Crippen molar-refractivity contribution in [3.8, 4) is 0 Å². The minimum atomic E-state index is -0.563. The molecule has 0 aromatic rings. The molecule has 4 rings (SSSR count). The molecule has 0 aromatic carbocycles. The van der Waals surface area contributed by atoms with Crippen molar-refractivity contribution in [3.63, 3.8) is 0 Å². The molecule has 0 spiro atoms. The Labute approximate surface area is 128 Å². The van der Waals surface area contributed by atoms with E-state index >= 15 is 0 Å². The largest absolute Gasteiger partial charge is 0.389 e. The summed E-state index contributed by atoms with van der Waals surface area (Å²) in [5.74, 6) is 1.42. The molecule has 4 aliphatic rings. The fourth-order valence-corrected chi connectivity index (χ4v) is 6.49. The zero-order valence-corrected chi connectivity index (χ0v) is 13.5. The van der Waals surface area contributed by atoms with Crippen LogP contribution in [0, 0.1) is 22.7 Å². The maximum Gasteiger partial charge on any atom is 0.155 e. The molecule has 116 valence electrons. The van der Waals surface area contributed by atoms with E-state index in [0.717, 1.165) is 25.7 Å². The predicted octanol–water partition coefficient (Wildman–Crippen LogP) is 4.02. The molecule has 21 heavy (non-hydrogen) atoms. The van der Waals surface area contributed by atoms with Gasteiger partial charge in [0.1, 0.15) is 0 Å². The van der Waals surface area contributed by atoms with Crippen molar-refractivity contribution in [2.24, 2.45) is 22.7 Å². The van der Waals surface area contributed by atoms with E-state index in [-0.39, 0.29) is 11.2 Å². The molecule has 0 saturated heterocycles. The average molecular weight is 288 g/mol. The van der Waals surface area contributed by atoms with Crippen molar-refractivity contribution >= 4 is 5.78 Å². The van der Waals surface area contributed by atoms with Gasteiger partial charge in [0.2, 0.25) is 0 Å². The van der Waals surface area contributed by atoms with Gasteiger partial charge in [-0.3, -0.25) is 4.79 Å². The fraction of sp³-hybridized carbons (Fsp3) is 0.842. The summed E-state index contributed by atoms with van der Waals surface area (Å²) in [7, 11) is 0. The van der Waals surface area contributed by atoms with Crippen LogP contribution in [0.5, 0.6) is 0 Å². The van der Waals surface area contributed by atoms with Crippen LogP contribution >= 0.6 is 0 Å². The third-order valence-corrected chi connectivity index (χ3v) is 7.93. The van der Waals surface area contributed by atoms with Crippen molar-refractivity contribution in [1.29, 1.82) is 0 Å². The minimum Gasteiger partial charge on any atom is -0.389 e. The second-order valence-corrected chi connectivity index (χ2v) is 8.69. The molecule has 1 N–H and O–H groups in total. The lowest BCUT2D eigenvalue weighted by Gasteiger charge is -2.62. The summed E-state index contributed by atoms with van der Waals surface area (Å²) in [6.45, 7) is 4.71. The van der Waals surface area contributed by atoms with Crippen molar-refractivity contribution in [1.82, 2.24) is 0 Å². The van der Waals surface area contributed by atoms with E-state index in [1.807, 2.05) is 6.08 Å². The van der Waals surface area contributed by atoms with Gasteiger partial charge in [-0.2, -0.15) is 0 Å². The van der Waals surface area contributed by atoms with Gasteiger partial charge in [-0.1, -0.05) is 25.8 Å². The highest BCUT2D eigenvalue weighted by atomic mass is 16.3. The van der Waals surface area contributed by atoms with E-state index < -0.39 is 5.60 Å². The van der Waals surface area contributed by atoms with E-state index in [0.29, 0.717) is 23.7 Å². The Kier molecular flexibility index (Phi) is 2.81. The van der Waals surface area contributed by atoms with E-state index in [2.05, 4.69) is 13.8 Å². The highest BCUT2D eigenvalue weighted by molar-refractivity contribution is 5.91. The number of hydrogen-bond acceptors (Lipinski definition) is 2. The van der Waals surface area contributed by atoms with Crippen LogP contribution in [0.1, 0.15) is 71.6 Å². The van der Waals surface area contributed by atoms with Crippen molar-refractivity contribution < 1.29 is 9.90 Å². The molecular weight excluding hydrogens is 260 g/mol. The second-order valence-electron chi connectivity index (χ2n) is 8.69. The molecule has 3 fully saturated rings. The Morgan fingerprint density at radius 1 is 1.05 bits per heavy atom. The first-order valence-electron chi connectivity index (χ1n) is 8.85. The van der Waals surface area contributed by atoms with Crippen molar-refractivity contribution in [2.75, 3.05) is 0 Å². The zero-order valence-electron chi connectivity index (χ0n) is 13.5. The van der Waals surface area contributed by atoms with E-state index in [4.69, 9.17) is 0 Å². The lowest BCUT2D eigenvalue weighted by Crippen LogP contribution is -2.62. The van der Waals surface area contributed by atoms with Crippen LogP contribution in [-0.2, 0) is 4.79 Å². The van der Waals surface area contributed by atoms with E-state index in [1.165, 1.54) is 31.3 Å². The summed E-state index contributed by atoms with van der Waals surface area (Å²) in [5.41, 5.74) is 1.01. The Morgan fingerprint density at radius 2 is 1.86 bits per heavy atom. The van der Waals surface area contributed by atoms with E-state index in [9.17, 15) is 9.90 Å². The standard InChI is InChI=1S/C19H28O2/c1-17-8-3-4-15(17)16-6-5-13-12-14(20)7-9-18(13,2)19(16,21)11-10-17/h12,15-16,21H,3-11H2,1-2H3/t15-,16-,17-,18-,19-/m0/s1. The molecule has 0 aromatic heterocycles. The summed E-state index contributed by atoms with van der Waals surface area (Å²) in [4.78, 5) is 11.8. The third kappa shape index (κ3) is 1.66. The first-order valence-corrected chi connectivity index (χ1v) is 8.85. The van der Waals surface area contributed by atoms with Gasteiger partial charge < -0.3 is 5.11 Å². The summed E-state index contributed by atoms with van der Waals surface area (Å²) in [6, 6.07) is 0. The third-order valence-electron chi connectivity index (χ3n) is 7.93. The van der Waals surface area contributed by atoms with Crippen LogP contribution < -0.4 is 0 Å². The number of hydrogen-bond donors (Lipinski definition) is 1. The molecule has 0 bridgehead atoms. The van der Waals surface area contributed by atoms with Gasteiger partial charge >= 0.3 is 0 Å². The van der Waals surface area contributed by atoms with Crippen LogP contribution in [-0.4, -0.2) is 16.5 Å². The van der Waals surface area contributed by atoms with Crippen LogP contribution in [0.25, 0.3) is 0 Å². The molecule has 2 nitrogen and oxygen atoms in total. The van der Waals surface area contributed by atoms with Gasteiger partial charge in [0.15, 0.2) is 5.78 Å². The topological polar surface area (TPSA) is 37.3 Å². The first kappa shape index (κ1) is 14.0. The molecule has 4 aliphatic carbocycles. The van der Waals surface area contributed by atoms with Gasteiger partial charge in [0.05, 0.1) is 5.60 Å². The molecule has 0 radical (unpaired) electrons. The lowest BCUT2D eigenvalue weighted by atomic mass is 9.45. The number of rotatable bonds is 0. The van der Waals surface area contributed by atoms with Crippen molar-refractivity contribution in [2.45, 2.75) is 77.2 Å². The van der Waals surface area contributed by atoms with Crippen LogP contribution in [0.15, 0.2) is 11.6 Å². The Hall–Kier alpha value is -0.630. The smallest absolute Gasteiger partial charge is 0.155 e. The molecule has 0 heterocycles. The normalized spacial score (nSPS) is 52.7. The monoisotopic (exact) mass is 288 g/mol. The molecule has 0 aliphatic heterocycles. The van der Waals surface area contributed by atoms with Crippen LogP contribution in [0.4, 0.5) is 0 Å². The molecule has 5 atom stereocenters. The fourth-order valence-electron chi connectivity index (χ4n) is 6.49. The molecule has 0 amide bonds. The summed E-state index contributed by atoms with van der Waals surface area (Å²) in [5, 5.41) is 11.7. The Morgan fingerprint density at radius 3 is 2.67 bits per heavy atom. The van der Waals surface area contributed by atoms with Gasteiger partial charge in [-0.05, 0) is 68.3 Å². The number of carbonyl (C=O) groups is 1. The maximum atomic E-state index is 11.8. The summed E-state index contributed by atoms with van der Waals surface area (Å²) in [6.07, 6.45) is 11.6. The van der Waals surface area contributed by atoms with E-state index in [1.54, 1.807) is 0 Å². The number of fused-ring (bicyclic) bond motifs is 5. The SMILES string of the molecule is C[C@@]12CCC[C@H]1[C@@H]1CCC3=CC(=O)CC[C@]3(C)[C@]1(O)CC2. The first-order chi connectivity index (χ1) is 9.89. The molecule has 3 saturated carbocycles. The molecule has 0 unspecified atom stereocenters. The van der Waals surface area contributed by atoms with Gasteiger partial charge in [-0.15, -0.1) is 0 Å². The average Bonchev–Trinajstić information content (AvgIpc) is 2.83. The van der Waals surface area contributed by atoms with Crippen LogP contribution in [0.2, 0.25) is 0 Å². The number of aliphatic hydroxyl groups is 1. The van der Waals surface area contributed by atoms with Gasteiger partial charge in [0, 0.05) is 11.8 Å². The lowest BCUT2D eigenvalue weighted by molar-refractivity contribution is -0.187. The maximum absolute atomic E-state index is 11.8. The van der Waals surface area contributed by atoms with Gasteiger partial charge in [-0.25, -0.2) is 0 Å². The highest BCUT2D eigenvalue weighted by Crippen LogP contribution is 2.66. The zero-order chi connectivity index (χ0) is 14.9. The van der Waals surface area contributed by atoms with Crippen molar-refractivity contribution in [3.05, 3.63) is 11.6 Å². The number of ketones is 1. The Bertz CT molecular complexity index is 522. The molecular formula is C19H28O2. The summed E-state index contributed by atoms with van der Waals surface area (Å²) < 4.78 is 0. The van der Waals surface area contributed by atoms with Crippen LogP contribution in [0.3, 0.4) is 0 Å². The van der Waals surface area contributed by atoms with Gasteiger partial charge in [0.25, 0.3) is 0 Å². The Balaban J connectivity index is 1.77. The predicted molar refractivity (Wildman–Crippen MR) is 82.8 cm³/mol. The quantitative estimate of drug-likeness (QED) is 0.731. The second kappa shape index (κ2) is 4.22. The summed E-state index contributed by atoms with van der Waals surface area (Å²) >= 11 is 0. The molecule has 2 heteroatoms. The highest BCUT2D eigenvalue weighted by Gasteiger charge is 2.63. The minimum absolute atomic E-state index is 0.145. The number of carbonyl (C=O) groups excluding carboxylic acids is 1.